The van der Waals surface area contributed by atoms with Crippen molar-refractivity contribution in [2.75, 3.05) is 21.0 Å². The largest absolute Gasteiger partial charge is 0.497 e. The molecule has 0 atom stereocenters. The number of imidazole rings is 1. The van der Waals surface area contributed by atoms with Crippen LogP contribution in [0.25, 0.3) is 17.3 Å². The molecule has 0 amide bonds. The number of methoxy groups -OCH3 is 2. The van der Waals surface area contributed by atoms with Crippen LogP contribution in [0.15, 0.2) is 66.5 Å². The number of aryl methyl sites for hydroxylation is 1. The standard InChI is InChI=1S/C34H34N2O9/c1-4-5-12-36-19-35-27(14-23(33(37)38)13-22-15-30-31(45-20-44-30)17-28(22)42-3)32(36)26-11-10-24(41-2)16-29(26)43-18-21-8-6-7-9-25(21)34(39)40/h6-11,14-17,19H,4-5,12-13,18,20H2,1-3H3,(H2,37,38,39,40)/p+1. The lowest BCUT2D eigenvalue weighted by Crippen LogP contribution is -2.34. The first kappa shape index (κ1) is 31.0. The van der Waals surface area contributed by atoms with Gasteiger partial charge < -0.3 is 33.9 Å². The SMILES string of the molecule is CCCC[n+]1c[nH]c(C=C(Cc2cc3c(cc2OC)OCO3)C(=O)O)c1-c1ccc(OC)cc1OCc1ccccc1C(=O)O. The van der Waals surface area contributed by atoms with Crippen LogP contribution in [0, 0.1) is 0 Å². The predicted molar refractivity (Wildman–Crippen MR) is 164 cm³/mol. The Bertz CT molecular complexity index is 1740. The minimum Gasteiger partial charge on any atom is -0.497 e. The van der Waals surface area contributed by atoms with Crippen molar-refractivity contribution in [3.63, 3.8) is 0 Å². The summed E-state index contributed by atoms with van der Waals surface area (Å²) in [7, 11) is 3.07. The van der Waals surface area contributed by atoms with Crippen LogP contribution in [0.3, 0.4) is 0 Å². The topological polar surface area (TPSA) is 140 Å². The summed E-state index contributed by atoms with van der Waals surface area (Å²) in [5, 5.41) is 20.0. The predicted octanol–water partition coefficient (Wildman–Crippen LogP) is 5.50. The zero-order valence-electron chi connectivity index (χ0n) is 25.3. The average molecular weight is 616 g/mol. The van der Waals surface area contributed by atoms with E-state index in [1.807, 2.05) is 17.0 Å². The Morgan fingerprint density at radius 2 is 1.76 bits per heavy atom. The van der Waals surface area contributed by atoms with Crippen molar-refractivity contribution in [1.29, 1.82) is 0 Å². The lowest BCUT2D eigenvalue weighted by atomic mass is 10.0. The van der Waals surface area contributed by atoms with Crippen LogP contribution in [0.5, 0.6) is 28.7 Å². The molecule has 0 unspecified atom stereocenters. The van der Waals surface area contributed by atoms with Crippen LogP contribution in [-0.2, 0) is 24.4 Å². The maximum Gasteiger partial charge on any atom is 0.336 e. The van der Waals surface area contributed by atoms with Gasteiger partial charge in [-0.2, -0.15) is 0 Å². The zero-order valence-corrected chi connectivity index (χ0v) is 25.3. The van der Waals surface area contributed by atoms with Gasteiger partial charge in [-0.05, 0) is 30.7 Å². The highest BCUT2D eigenvalue weighted by atomic mass is 16.7. The second kappa shape index (κ2) is 13.9. The molecular weight excluding hydrogens is 580 g/mol. The van der Waals surface area contributed by atoms with Gasteiger partial charge in [0.1, 0.15) is 23.9 Å². The highest BCUT2D eigenvalue weighted by Crippen LogP contribution is 2.39. The van der Waals surface area contributed by atoms with Crippen molar-refractivity contribution in [2.45, 2.75) is 39.3 Å². The number of benzene rings is 3. The fourth-order valence-electron chi connectivity index (χ4n) is 5.17. The molecule has 1 aromatic heterocycles. The number of ether oxygens (including phenoxy) is 5. The number of carboxylic acid groups (broad SMARTS) is 2. The summed E-state index contributed by atoms with van der Waals surface area (Å²) in [6.45, 7) is 2.84. The third kappa shape index (κ3) is 6.87. The van der Waals surface area contributed by atoms with Gasteiger partial charge in [-0.25, -0.2) is 19.1 Å². The van der Waals surface area contributed by atoms with E-state index in [9.17, 15) is 19.8 Å². The first-order valence-electron chi connectivity index (χ1n) is 14.5. The van der Waals surface area contributed by atoms with Crippen LogP contribution >= 0.6 is 0 Å². The van der Waals surface area contributed by atoms with Gasteiger partial charge in [-0.3, -0.25) is 0 Å². The highest BCUT2D eigenvalue weighted by Gasteiger charge is 2.26. The maximum atomic E-state index is 12.6. The second-order valence-corrected chi connectivity index (χ2v) is 10.4. The Morgan fingerprint density at radius 1 is 0.978 bits per heavy atom. The summed E-state index contributed by atoms with van der Waals surface area (Å²) < 4.78 is 30.3. The second-order valence-electron chi connectivity index (χ2n) is 10.4. The van der Waals surface area contributed by atoms with Crippen molar-refractivity contribution in [3.8, 4) is 40.0 Å². The Labute approximate surface area is 260 Å². The first-order chi connectivity index (χ1) is 21.8. The number of unbranched alkanes of at least 4 members (excludes halogenated alkanes) is 1. The van der Waals surface area contributed by atoms with Crippen LogP contribution in [0.1, 0.15) is 46.9 Å². The molecule has 0 bridgehead atoms. The molecule has 3 aromatic carbocycles. The molecule has 5 rings (SSSR count). The van der Waals surface area contributed by atoms with Crippen LogP contribution in [0.4, 0.5) is 0 Å². The van der Waals surface area contributed by atoms with E-state index < -0.39 is 11.9 Å². The van der Waals surface area contributed by atoms with Gasteiger partial charge in [-0.1, -0.05) is 31.5 Å². The summed E-state index contributed by atoms with van der Waals surface area (Å²) in [5.74, 6) is 0.417. The van der Waals surface area contributed by atoms with Crippen molar-refractivity contribution < 1.29 is 48.1 Å². The zero-order chi connectivity index (χ0) is 31.9. The number of aromatic amines is 1. The fourth-order valence-corrected chi connectivity index (χ4v) is 5.17. The molecule has 11 nitrogen and oxygen atoms in total. The van der Waals surface area contributed by atoms with Crippen molar-refractivity contribution >= 4 is 18.0 Å². The molecule has 0 saturated carbocycles. The van der Waals surface area contributed by atoms with Crippen LogP contribution < -0.4 is 28.3 Å². The van der Waals surface area contributed by atoms with Gasteiger partial charge in [0.25, 0.3) is 0 Å². The normalized spacial score (nSPS) is 12.2. The molecule has 1 aliphatic heterocycles. The first-order valence-corrected chi connectivity index (χ1v) is 14.5. The number of hydrogen-bond donors (Lipinski definition) is 3. The maximum absolute atomic E-state index is 12.6. The van der Waals surface area contributed by atoms with Gasteiger partial charge in [-0.15, -0.1) is 0 Å². The number of aromatic carboxylic acids is 1. The van der Waals surface area contributed by atoms with Gasteiger partial charge in [0.05, 0.1) is 31.9 Å². The highest BCUT2D eigenvalue weighted by molar-refractivity contribution is 5.94. The van der Waals surface area contributed by atoms with Crippen molar-refractivity contribution in [1.82, 2.24) is 4.98 Å². The molecule has 3 N–H and O–H groups in total. The number of hydrogen-bond acceptors (Lipinski definition) is 7. The minimum atomic E-state index is -1.09. The number of fused-ring (bicyclic) bond motifs is 1. The molecular formula is C34H35N2O9+. The van der Waals surface area contributed by atoms with Gasteiger partial charge >= 0.3 is 11.9 Å². The summed E-state index contributed by atoms with van der Waals surface area (Å²) in [5.41, 5.74) is 3.36. The average Bonchev–Trinajstić information content (AvgIpc) is 3.68. The van der Waals surface area contributed by atoms with Crippen LogP contribution in [0.2, 0.25) is 0 Å². The Kier molecular flexibility index (Phi) is 9.57. The monoisotopic (exact) mass is 615 g/mol. The summed E-state index contributed by atoms with van der Waals surface area (Å²) >= 11 is 0. The number of aliphatic carboxylic acids is 1. The van der Waals surface area contributed by atoms with E-state index in [4.69, 9.17) is 23.7 Å². The van der Waals surface area contributed by atoms with E-state index in [1.165, 1.54) is 13.2 Å². The molecule has 45 heavy (non-hydrogen) atoms. The van der Waals surface area contributed by atoms with E-state index in [0.29, 0.717) is 63.4 Å². The fraction of sp³-hybridized carbons (Fsp3) is 0.265. The van der Waals surface area contributed by atoms with Gasteiger partial charge in [0.15, 0.2) is 22.9 Å². The Morgan fingerprint density at radius 3 is 2.47 bits per heavy atom. The molecule has 4 aromatic rings. The van der Waals surface area contributed by atoms with E-state index in [-0.39, 0.29) is 31.0 Å². The third-order valence-electron chi connectivity index (χ3n) is 7.50. The summed E-state index contributed by atoms with van der Waals surface area (Å²) in [4.78, 5) is 27.7. The minimum absolute atomic E-state index is 0.00250. The molecule has 234 valence electrons. The lowest BCUT2D eigenvalue weighted by molar-refractivity contribution is -0.685. The molecule has 1 aliphatic rings. The number of rotatable bonds is 14. The lowest BCUT2D eigenvalue weighted by Gasteiger charge is -2.14. The molecule has 0 fully saturated rings. The number of carboxylic acids is 2. The third-order valence-corrected chi connectivity index (χ3v) is 7.50. The molecule has 2 heterocycles. The molecule has 0 saturated heterocycles. The number of nitrogens with zero attached hydrogens (tertiary/aromatic N) is 1. The number of carbonyl (C=O) groups is 2. The number of H-pyrrole nitrogens is 1. The Hall–Kier alpha value is -5.45. The summed E-state index contributed by atoms with van der Waals surface area (Å²) in [6, 6.07) is 15.5. The summed E-state index contributed by atoms with van der Waals surface area (Å²) in [6.07, 6.45) is 5.31. The van der Waals surface area contributed by atoms with E-state index >= 15 is 0 Å². The van der Waals surface area contributed by atoms with E-state index in [0.717, 1.165) is 12.8 Å². The van der Waals surface area contributed by atoms with Gasteiger partial charge in [0.2, 0.25) is 13.1 Å². The van der Waals surface area contributed by atoms with Crippen LogP contribution in [-0.4, -0.2) is 48.1 Å². The van der Waals surface area contributed by atoms with Crippen molar-refractivity contribution in [3.05, 3.63) is 88.9 Å². The molecule has 0 radical (unpaired) electrons. The van der Waals surface area contributed by atoms with E-state index in [2.05, 4.69) is 11.9 Å². The number of nitrogens with one attached hydrogen (secondary N) is 1. The Balaban J connectivity index is 1.58. The smallest absolute Gasteiger partial charge is 0.336 e. The molecule has 0 aliphatic carbocycles. The molecule has 0 spiro atoms. The molecule has 11 heteroatoms. The number of aromatic nitrogens is 2. The quantitative estimate of drug-likeness (QED) is 0.124. The van der Waals surface area contributed by atoms with Gasteiger partial charge in [0, 0.05) is 41.3 Å². The van der Waals surface area contributed by atoms with Crippen molar-refractivity contribution in [2.24, 2.45) is 0 Å². The van der Waals surface area contributed by atoms with E-state index in [1.54, 1.807) is 55.7 Å².